The van der Waals surface area contributed by atoms with Crippen LogP contribution in [0, 0.1) is 0 Å². The van der Waals surface area contributed by atoms with Crippen molar-refractivity contribution < 1.29 is 8.42 Å². The Balaban J connectivity index is 1.74. The first-order valence-corrected chi connectivity index (χ1v) is 10.2. The fourth-order valence-electron chi connectivity index (χ4n) is 2.36. The van der Waals surface area contributed by atoms with Gasteiger partial charge in [0.25, 0.3) is 0 Å². The maximum Gasteiger partial charge on any atom is 0.245 e. The van der Waals surface area contributed by atoms with Crippen LogP contribution in [-0.4, -0.2) is 56.9 Å². The molecule has 118 valence electrons. The van der Waals surface area contributed by atoms with Crippen LogP contribution in [0.2, 0.25) is 0 Å². The summed E-state index contributed by atoms with van der Waals surface area (Å²) in [6.45, 7) is 3.47. The second-order valence-corrected chi connectivity index (χ2v) is 10.1. The average molecular weight is 394 g/mol. The Labute approximate surface area is 138 Å². The van der Waals surface area contributed by atoms with Crippen molar-refractivity contribution in [3.63, 3.8) is 0 Å². The van der Waals surface area contributed by atoms with Crippen LogP contribution in [0.4, 0.5) is 0 Å². The lowest BCUT2D eigenvalue weighted by molar-refractivity contribution is 0.222. The van der Waals surface area contributed by atoms with Crippen LogP contribution in [0.5, 0.6) is 0 Å². The summed E-state index contributed by atoms with van der Waals surface area (Å²) in [6.07, 6.45) is 2.47. The van der Waals surface area contributed by atoms with Crippen molar-refractivity contribution in [1.29, 1.82) is 0 Å². The summed E-state index contributed by atoms with van der Waals surface area (Å²) in [5.41, 5.74) is 0. The summed E-state index contributed by atoms with van der Waals surface area (Å²) < 4.78 is 27.8. The van der Waals surface area contributed by atoms with Crippen LogP contribution in [0.25, 0.3) is 0 Å². The molecule has 2 fully saturated rings. The van der Waals surface area contributed by atoms with Crippen molar-refractivity contribution in [3.05, 3.63) is 14.7 Å². The predicted octanol–water partition coefficient (Wildman–Crippen LogP) is 1.70. The van der Waals surface area contributed by atoms with E-state index in [1.54, 1.807) is 4.31 Å². The molecule has 21 heavy (non-hydrogen) atoms. The minimum absolute atomic E-state index is 0.421. The highest BCUT2D eigenvalue weighted by molar-refractivity contribution is 9.11. The Morgan fingerprint density at radius 2 is 2.00 bits per heavy atom. The molecule has 0 bridgehead atoms. The molecule has 0 unspecified atom stereocenters. The van der Waals surface area contributed by atoms with E-state index in [0.29, 0.717) is 27.8 Å². The number of sulfonamides is 1. The third kappa shape index (κ3) is 3.68. The number of nitrogens with one attached hydrogen (secondary N) is 1. The topological polar surface area (TPSA) is 52.7 Å². The van der Waals surface area contributed by atoms with E-state index in [1.807, 2.05) is 13.1 Å². The molecule has 1 aromatic rings. The van der Waals surface area contributed by atoms with Gasteiger partial charge in [-0.2, -0.15) is 4.31 Å². The summed E-state index contributed by atoms with van der Waals surface area (Å²) in [7, 11) is -1.36. The van der Waals surface area contributed by atoms with Gasteiger partial charge >= 0.3 is 0 Å². The van der Waals surface area contributed by atoms with Crippen LogP contribution in [0.15, 0.2) is 14.7 Å². The fraction of sp³-hybridized carbons (Fsp3) is 0.692. The van der Waals surface area contributed by atoms with Gasteiger partial charge in [0.15, 0.2) is 0 Å². The van der Waals surface area contributed by atoms with Crippen molar-refractivity contribution >= 4 is 37.3 Å². The second-order valence-electron chi connectivity index (χ2n) is 5.71. The molecule has 1 saturated heterocycles. The van der Waals surface area contributed by atoms with Gasteiger partial charge in [-0.25, -0.2) is 8.42 Å². The van der Waals surface area contributed by atoms with E-state index in [9.17, 15) is 8.42 Å². The first-order valence-electron chi connectivity index (χ1n) is 7.17. The third-order valence-corrected chi connectivity index (χ3v) is 8.08. The zero-order valence-electron chi connectivity index (χ0n) is 12.0. The SMILES string of the molecule is CN1CCN(S(=O)(=O)c2cc(CNC3CC3)sc2Br)CC1. The largest absolute Gasteiger partial charge is 0.309 e. The van der Waals surface area contributed by atoms with E-state index in [0.717, 1.165) is 24.5 Å². The number of piperazine rings is 1. The molecular formula is C13H20BrN3O2S2. The van der Waals surface area contributed by atoms with Crippen molar-refractivity contribution in [3.8, 4) is 0 Å². The minimum atomic E-state index is -3.38. The van der Waals surface area contributed by atoms with E-state index >= 15 is 0 Å². The number of hydrogen-bond acceptors (Lipinski definition) is 5. The monoisotopic (exact) mass is 393 g/mol. The molecule has 0 amide bonds. The zero-order valence-corrected chi connectivity index (χ0v) is 15.2. The molecule has 0 atom stereocenters. The smallest absolute Gasteiger partial charge is 0.245 e. The van der Waals surface area contributed by atoms with Crippen molar-refractivity contribution in [2.75, 3.05) is 33.2 Å². The molecule has 0 aromatic carbocycles. The number of hydrogen-bond donors (Lipinski definition) is 1. The van der Waals surface area contributed by atoms with Gasteiger partial charge in [-0.15, -0.1) is 11.3 Å². The Kier molecular flexibility index (Phi) is 4.73. The van der Waals surface area contributed by atoms with E-state index in [4.69, 9.17) is 0 Å². The Morgan fingerprint density at radius 3 is 2.62 bits per heavy atom. The van der Waals surface area contributed by atoms with Gasteiger partial charge in [0.05, 0.1) is 3.79 Å². The lowest BCUT2D eigenvalue weighted by Gasteiger charge is -2.31. The van der Waals surface area contributed by atoms with E-state index in [2.05, 4.69) is 26.1 Å². The number of rotatable bonds is 5. The van der Waals surface area contributed by atoms with Crippen molar-refractivity contribution in [1.82, 2.24) is 14.5 Å². The molecule has 5 nitrogen and oxygen atoms in total. The Hall–Kier alpha value is 0.01000. The summed E-state index contributed by atoms with van der Waals surface area (Å²) in [6, 6.07) is 2.45. The van der Waals surface area contributed by atoms with Gasteiger partial charge in [0.1, 0.15) is 4.90 Å². The van der Waals surface area contributed by atoms with Gasteiger partial charge in [0, 0.05) is 43.6 Å². The molecule has 1 saturated carbocycles. The number of thiophene rings is 1. The van der Waals surface area contributed by atoms with Crippen LogP contribution < -0.4 is 5.32 Å². The lowest BCUT2D eigenvalue weighted by atomic mass is 10.4. The molecule has 1 aromatic heterocycles. The summed E-state index contributed by atoms with van der Waals surface area (Å²) in [4.78, 5) is 3.64. The minimum Gasteiger partial charge on any atom is -0.309 e. The Morgan fingerprint density at radius 1 is 1.33 bits per heavy atom. The maximum atomic E-state index is 12.7. The standard InChI is InChI=1S/C13H20BrN3O2S2/c1-16-4-6-17(7-5-16)21(18,19)12-8-11(20-13(12)14)9-15-10-2-3-10/h8,10,15H,2-7,9H2,1H3. The first kappa shape index (κ1) is 15.9. The van der Waals surface area contributed by atoms with Gasteiger partial charge in [0.2, 0.25) is 10.0 Å². The number of halogens is 1. The van der Waals surface area contributed by atoms with Crippen LogP contribution in [0.1, 0.15) is 17.7 Å². The fourth-order valence-corrected chi connectivity index (χ4v) is 6.37. The van der Waals surface area contributed by atoms with Gasteiger partial charge < -0.3 is 10.2 Å². The average Bonchev–Trinajstić information content (AvgIpc) is 3.19. The molecule has 3 rings (SSSR count). The summed E-state index contributed by atoms with van der Waals surface area (Å²) in [5, 5.41) is 3.42. The Bertz CT molecular complexity index is 605. The van der Waals surface area contributed by atoms with E-state index < -0.39 is 10.0 Å². The van der Waals surface area contributed by atoms with Gasteiger partial charge in [-0.3, -0.25) is 0 Å². The molecule has 1 aliphatic heterocycles. The number of nitrogens with zero attached hydrogens (tertiary/aromatic N) is 2. The summed E-state index contributed by atoms with van der Waals surface area (Å²) in [5.74, 6) is 0. The predicted molar refractivity (Wildman–Crippen MR) is 88.1 cm³/mol. The molecule has 2 heterocycles. The first-order chi connectivity index (χ1) is 9.96. The van der Waals surface area contributed by atoms with Crippen LogP contribution in [-0.2, 0) is 16.6 Å². The lowest BCUT2D eigenvalue weighted by Crippen LogP contribution is -2.46. The third-order valence-electron chi connectivity index (χ3n) is 3.93. The van der Waals surface area contributed by atoms with E-state index in [1.165, 1.54) is 24.2 Å². The quantitative estimate of drug-likeness (QED) is 0.826. The second kappa shape index (κ2) is 6.25. The van der Waals surface area contributed by atoms with Gasteiger partial charge in [-0.05, 0) is 41.9 Å². The molecule has 8 heteroatoms. The van der Waals surface area contributed by atoms with Crippen molar-refractivity contribution in [2.45, 2.75) is 30.3 Å². The van der Waals surface area contributed by atoms with Crippen LogP contribution in [0.3, 0.4) is 0 Å². The number of likely N-dealkylation sites (N-methyl/N-ethyl adjacent to an activating group) is 1. The van der Waals surface area contributed by atoms with Crippen LogP contribution >= 0.6 is 27.3 Å². The van der Waals surface area contributed by atoms with E-state index in [-0.39, 0.29) is 0 Å². The zero-order chi connectivity index (χ0) is 15.0. The highest BCUT2D eigenvalue weighted by Crippen LogP contribution is 2.34. The highest BCUT2D eigenvalue weighted by atomic mass is 79.9. The normalized spacial score (nSPS) is 21.8. The molecule has 1 aliphatic carbocycles. The highest BCUT2D eigenvalue weighted by Gasteiger charge is 2.30. The molecule has 0 spiro atoms. The van der Waals surface area contributed by atoms with Gasteiger partial charge in [-0.1, -0.05) is 0 Å². The van der Waals surface area contributed by atoms with Crippen molar-refractivity contribution in [2.24, 2.45) is 0 Å². The summed E-state index contributed by atoms with van der Waals surface area (Å²) >= 11 is 4.94. The molecule has 0 radical (unpaired) electrons. The maximum absolute atomic E-state index is 12.7. The molecular weight excluding hydrogens is 374 g/mol. The molecule has 1 N–H and O–H groups in total. The molecule has 2 aliphatic rings.